The first-order valence-corrected chi connectivity index (χ1v) is 7.10. The Hall–Kier alpha value is -1.66. The molecule has 0 fully saturated rings. The number of amides is 2. The predicted molar refractivity (Wildman–Crippen MR) is 75.5 cm³/mol. The summed E-state index contributed by atoms with van der Waals surface area (Å²) in [6.07, 6.45) is -1.33. The van der Waals surface area contributed by atoms with Crippen LogP contribution >= 0.6 is 0 Å². The van der Waals surface area contributed by atoms with Crippen LogP contribution in [0.4, 0.5) is 13.6 Å². The topological polar surface area (TPSA) is 58.4 Å². The lowest BCUT2D eigenvalue weighted by molar-refractivity contribution is 0.0975. The molecule has 2 amide bonds. The van der Waals surface area contributed by atoms with Gasteiger partial charge in [-0.1, -0.05) is 12.1 Å². The molecule has 21 heavy (non-hydrogen) atoms. The van der Waals surface area contributed by atoms with E-state index in [9.17, 15) is 13.6 Å². The van der Waals surface area contributed by atoms with Crippen molar-refractivity contribution in [2.45, 2.75) is 53.0 Å². The number of carbonyl (C=O) groups is 1. The SMILES string of the molecule is CCCN(CC(F)F)C(=O)NC(C)Cc1c(C)noc1C. The third kappa shape index (κ3) is 5.32. The molecule has 0 bridgehead atoms. The van der Waals surface area contributed by atoms with Gasteiger partial charge in [-0.15, -0.1) is 0 Å². The Bertz CT molecular complexity index is 444. The summed E-state index contributed by atoms with van der Waals surface area (Å²) in [5.41, 5.74) is 1.73. The minimum atomic E-state index is -2.53. The monoisotopic (exact) mass is 303 g/mol. The van der Waals surface area contributed by atoms with Crippen LogP contribution in [0.25, 0.3) is 0 Å². The van der Waals surface area contributed by atoms with Crippen molar-refractivity contribution in [3.05, 3.63) is 17.0 Å². The van der Waals surface area contributed by atoms with Crippen LogP contribution in [0.3, 0.4) is 0 Å². The van der Waals surface area contributed by atoms with Crippen molar-refractivity contribution in [2.24, 2.45) is 0 Å². The van der Waals surface area contributed by atoms with E-state index in [1.807, 2.05) is 27.7 Å². The number of halogens is 2. The molecule has 0 saturated heterocycles. The number of hydrogen-bond donors (Lipinski definition) is 1. The summed E-state index contributed by atoms with van der Waals surface area (Å²) < 4.78 is 30.0. The molecule has 1 heterocycles. The van der Waals surface area contributed by atoms with E-state index in [1.54, 1.807) is 0 Å². The van der Waals surface area contributed by atoms with Gasteiger partial charge >= 0.3 is 6.03 Å². The van der Waals surface area contributed by atoms with Gasteiger partial charge in [0, 0.05) is 18.2 Å². The molecule has 1 aromatic heterocycles. The zero-order valence-corrected chi connectivity index (χ0v) is 12.9. The van der Waals surface area contributed by atoms with Gasteiger partial charge in [0.25, 0.3) is 6.43 Å². The molecule has 120 valence electrons. The number of carbonyl (C=O) groups excluding carboxylic acids is 1. The van der Waals surface area contributed by atoms with Crippen LogP contribution < -0.4 is 5.32 Å². The summed E-state index contributed by atoms with van der Waals surface area (Å²) in [5, 5.41) is 6.60. The van der Waals surface area contributed by atoms with E-state index < -0.39 is 19.0 Å². The smallest absolute Gasteiger partial charge is 0.317 e. The molecule has 5 nitrogen and oxygen atoms in total. The molecule has 1 N–H and O–H groups in total. The molecule has 1 rings (SSSR count). The minimum Gasteiger partial charge on any atom is -0.361 e. The number of aryl methyl sites for hydroxylation is 2. The molecule has 1 aromatic rings. The van der Waals surface area contributed by atoms with Gasteiger partial charge in [-0.3, -0.25) is 0 Å². The van der Waals surface area contributed by atoms with Crippen LogP contribution in [0.1, 0.15) is 37.3 Å². The molecular formula is C14H23F2N3O2. The molecule has 0 aliphatic heterocycles. The average Bonchev–Trinajstić information content (AvgIpc) is 2.69. The third-order valence-electron chi connectivity index (χ3n) is 3.20. The summed E-state index contributed by atoms with van der Waals surface area (Å²) in [6.45, 7) is 7.09. The largest absolute Gasteiger partial charge is 0.361 e. The van der Waals surface area contributed by atoms with Gasteiger partial charge < -0.3 is 14.7 Å². The molecule has 0 aliphatic rings. The first-order chi connectivity index (χ1) is 9.85. The lowest BCUT2D eigenvalue weighted by atomic mass is 10.1. The Labute approximate surface area is 123 Å². The van der Waals surface area contributed by atoms with E-state index in [1.165, 1.54) is 0 Å². The van der Waals surface area contributed by atoms with Crippen LogP contribution in [0.5, 0.6) is 0 Å². The standard InChI is InChI=1S/C14H23F2N3O2/c1-5-6-19(8-13(15)16)14(20)17-9(2)7-12-10(3)18-21-11(12)4/h9,13H,5-8H2,1-4H3,(H,17,20). The van der Waals surface area contributed by atoms with Crippen molar-refractivity contribution in [3.63, 3.8) is 0 Å². The van der Waals surface area contributed by atoms with E-state index in [0.717, 1.165) is 16.2 Å². The first kappa shape index (κ1) is 17.4. The Kier molecular flexibility index (Phi) is 6.58. The molecular weight excluding hydrogens is 280 g/mol. The lowest BCUT2D eigenvalue weighted by Crippen LogP contribution is -2.46. The number of nitrogens with zero attached hydrogens (tertiary/aromatic N) is 2. The second kappa shape index (κ2) is 7.95. The summed E-state index contributed by atoms with van der Waals surface area (Å²) in [7, 11) is 0. The number of rotatable bonds is 7. The summed E-state index contributed by atoms with van der Waals surface area (Å²) in [5.74, 6) is 0.714. The number of aromatic nitrogens is 1. The molecule has 1 unspecified atom stereocenters. The maximum atomic E-state index is 12.5. The highest BCUT2D eigenvalue weighted by atomic mass is 19.3. The van der Waals surface area contributed by atoms with E-state index in [-0.39, 0.29) is 6.04 Å². The highest BCUT2D eigenvalue weighted by Crippen LogP contribution is 2.14. The average molecular weight is 303 g/mol. The van der Waals surface area contributed by atoms with Gasteiger partial charge in [0.2, 0.25) is 0 Å². The maximum absolute atomic E-state index is 12.5. The Morgan fingerprint density at radius 1 is 1.43 bits per heavy atom. The highest BCUT2D eigenvalue weighted by molar-refractivity contribution is 5.74. The second-order valence-electron chi connectivity index (χ2n) is 5.19. The molecule has 0 aliphatic carbocycles. The van der Waals surface area contributed by atoms with Gasteiger partial charge in [-0.2, -0.15) is 0 Å². The van der Waals surface area contributed by atoms with Crippen LogP contribution in [-0.2, 0) is 6.42 Å². The number of nitrogens with one attached hydrogen (secondary N) is 1. The number of alkyl halides is 2. The van der Waals surface area contributed by atoms with Crippen LogP contribution in [-0.4, -0.2) is 41.6 Å². The molecule has 7 heteroatoms. The quantitative estimate of drug-likeness (QED) is 0.842. The van der Waals surface area contributed by atoms with E-state index in [0.29, 0.717) is 25.1 Å². The zero-order valence-electron chi connectivity index (χ0n) is 12.9. The molecule has 0 radical (unpaired) electrons. The van der Waals surface area contributed by atoms with Crippen molar-refractivity contribution in [3.8, 4) is 0 Å². The van der Waals surface area contributed by atoms with Gasteiger partial charge in [-0.05, 0) is 33.6 Å². The van der Waals surface area contributed by atoms with Crippen LogP contribution in [0.15, 0.2) is 4.52 Å². The number of hydrogen-bond acceptors (Lipinski definition) is 3. The van der Waals surface area contributed by atoms with Crippen molar-refractivity contribution in [1.29, 1.82) is 0 Å². The Morgan fingerprint density at radius 2 is 2.10 bits per heavy atom. The normalized spacial score (nSPS) is 12.5. The van der Waals surface area contributed by atoms with Crippen molar-refractivity contribution < 1.29 is 18.1 Å². The van der Waals surface area contributed by atoms with E-state index in [2.05, 4.69) is 10.5 Å². The molecule has 0 saturated carbocycles. The van der Waals surface area contributed by atoms with Gasteiger partial charge in [0.05, 0.1) is 12.2 Å². The lowest BCUT2D eigenvalue weighted by Gasteiger charge is -2.24. The second-order valence-corrected chi connectivity index (χ2v) is 5.19. The van der Waals surface area contributed by atoms with Crippen LogP contribution in [0, 0.1) is 13.8 Å². The van der Waals surface area contributed by atoms with Gasteiger partial charge in [0.1, 0.15) is 5.76 Å². The van der Waals surface area contributed by atoms with Gasteiger partial charge in [-0.25, -0.2) is 13.6 Å². The fourth-order valence-corrected chi connectivity index (χ4v) is 2.16. The minimum absolute atomic E-state index is 0.189. The fourth-order valence-electron chi connectivity index (χ4n) is 2.16. The molecule has 1 atom stereocenters. The molecule has 0 aromatic carbocycles. The maximum Gasteiger partial charge on any atom is 0.317 e. The summed E-state index contributed by atoms with van der Waals surface area (Å²) in [6, 6.07) is -0.650. The Morgan fingerprint density at radius 3 is 2.57 bits per heavy atom. The fraction of sp³-hybridized carbons (Fsp3) is 0.714. The zero-order chi connectivity index (χ0) is 16.0. The Balaban J connectivity index is 2.59. The first-order valence-electron chi connectivity index (χ1n) is 7.10. The van der Waals surface area contributed by atoms with E-state index >= 15 is 0 Å². The highest BCUT2D eigenvalue weighted by Gasteiger charge is 2.20. The third-order valence-corrected chi connectivity index (χ3v) is 3.20. The van der Waals surface area contributed by atoms with Crippen molar-refractivity contribution >= 4 is 6.03 Å². The van der Waals surface area contributed by atoms with Gasteiger partial charge in [0.15, 0.2) is 0 Å². The number of urea groups is 1. The van der Waals surface area contributed by atoms with E-state index in [4.69, 9.17) is 4.52 Å². The summed E-state index contributed by atoms with van der Waals surface area (Å²) >= 11 is 0. The predicted octanol–water partition coefficient (Wildman–Crippen LogP) is 2.91. The van der Waals surface area contributed by atoms with Crippen LogP contribution in [0.2, 0.25) is 0 Å². The van der Waals surface area contributed by atoms with Crippen molar-refractivity contribution in [2.75, 3.05) is 13.1 Å². The van der Waals surface area contributed by atoms with Crippen molar-refractivity contribution in [1.82, 2.24) is 15.4 Å². The molecule has 0 spiro atoms. The summed E-state index contributed by atoms with van der Waals surface area (Å²) in [4.78, 5) is 13.2.